The highest BCUT2D eigenvalue weighted by Gasteiger charge is 2.25. The maximum Gasteiger partial charge on any atom is 0.280 e. The number of carbonyl (C=O) groups is 2. The van der Waals surface area contributed by atoms with Gasteiger partial charge in [0.25, 0.3) is 18.2 Å². The molecule has 1 aliphatic carbocycles. The van der Waals surface area contributed by atoms with Crippen LogP contribution in [0.5, 0.6) is 5.75 Å². The number of anilines is 2. The molecule has 1 saturated carbocycles. The summed E-state index contributed by atoms with van der Waals surface area (Å²) in [6, 6.07) is 5.99. The molecule has 190 valence electrons. The van der Waals surface area contributed by atoms with Gasteiger partial charge in [0.2, 0.25) is 0 Å². The van der Waals surface area contributed by atoms with Crippen LogP contribution < -0.4 is 15.0 Å². The Labute approximate surface area is 215 Å². The number of rotatable bonds is 6. The van der Waals surface area contributed by atoms with E-state index in [2.05, 4.69) is 27.1 Å². The molecule has 8 nitrogen and oxygen atoms in total. The third kappa shape index (κ3) is 5.60. The molecule has 3 heterocycles. The van der Waals surface area contributed by atoms with Gasteiger partial charge in [-0.1, -0.05) is 23.2 Å². The van der Waals surface area contributed by atoms with E-state index in [0.29, 0.717) is 35.5 Å². The zero-order valence-corrected chi connectivity index (χ0v) is 20.6. The molecule has 5 rings (SSSR count). The summed E-state index contributed by atoms with van der Waals surface area (Å²) in [5.74, 6) is 6.13. The van der Waals surface area contributed by atoms with Crippen LogP contribution in [0.25, 0.3) is 11.1 Å². The average molecular weight is 525 g/mol. The van der Waals surface area contributed by atoms with Gasteiger partial charge in [0.05, 0.1) is 31.0 Å². The largest absolute Gasteiger partial charge is 0.494 e. The fourth-order valence-corrected chi connectivity index (χ4v) is 4.49. The Morgan fingerprint density at radius 2 is 2.08 bits per heavy atom. The van der Waals surface area contributed by atoms with Gasteiger partial charge in [-0.15, -0.1) is 0 Å². The number of amides is 2. The molecule has 1 aliphatic heterocycles. The smallest absolute Gasteiger partial charge is 0.280 e. The topological polar surface area (TPSA) is 93.7 Å². The number of hydrogen-bond donors (Lipinski definition) is 1. The zero-order chi connectivity index (χ0) is 25.9. The number of hydrogen-bond acceptors (Lipinski definition) is 7. The molecule has 2 amide bonds. The molecule has 2 fully saturated rings. The monoisotopic (exact) mass is 524 g/mol. The lowest BCUT2D eigenvalue weighted by Crippen LogP contribution is -2.41. The molecule has 0 bridgehead atoms. The number of methoxy groups -OCH3 is 1. The Balaban J connectivity index is 1.53. The number of nitrogens with zero attached hydrogens (tertiary/aromatic N) is 3. The number of thiazole rings is 1. The van der Waals surface area contributed by atoms with Crippen molar-refractivity contribution in [1.82, 2.24) is 9.97 Å². The number of halogens is 2. The van der Waals surface area contributed by atoms with Crippen molar-refractivity contribution in [2.24, 2.45) is 5.92 Å². The van der Waals surface area contributed by atoms with E-state index in [9.17, 15) is 18.4 Å². The van der Waals surface area contributed by atoms with Gasteiger partial charge in [0, 0.05) is 34.8 Å². The third-order valence-electron chi connectivity index (χ3n) is 5.87. The minimum Gasteiger partial charge on any atom is -0.494 e. The second kappa shape index (κ2) is 10.6. The molecule has 0 atom stereocenters. The van der Waals surface area contributed by atoms with E-state index in [1.165, 1.54) is 35.6 Å². The first-order valence-corrected chi connectivity index (χ1v) is 12.4. The maximum absolute atomic E-state index is 13.5. The summed E-state index contributed by atoms with van der Waals surface area (Å²) >= 11 is 1.25. The van der Waals surface area contributed by atoms with Crippen molar-refractivity contribution in [1.29, 1.82) is 0 Å². The van der Waals surface area contributed by atoms with Gasteiger partial charge in [0.1, 0.15) is 18.1 Å². The van der Waals surface area contributed by atoms with Crippen molar-refractivity contribution in [3.8, 4) is 28.7 Å². The van der Waals surface area contributed by atoms with Crippen LogP contribution in [-0.2, 0) is 9.53 Å². The second-order valence-corrected chi connectivity index (χ2v) is 9.50. The van der Waals surface area contributed by atoms with Crippen LogP contribution in [0, 0.1) is 17.8 Å². The lowest BCUT2D eigenvalue weighted by atomic mass is 9.97. The predicted octanol–water partition coefficient (Wildman–Crippen LogP) is 4.53. The fourth-order valence-electron chi connectivity index (χ4n) is 3.82. The van der Waals surface area contributed by atoms with E-state index in [4.69, 9.17) is 9.47 Å². The van der Waals surface area contributed by atoms with Crippen LogP contribution in [0.4, 0.5) is 19.6 Å². The highest BCUT2D eigenvalue weighted by Crippen LogP contribution is 2.37. The van der Waals surface area contributed by atoms with E-state index in [1.807, 2.05) is 0 Å². The minimum atomic E-state index is -2.82. The van der Waals surface area contributed by atoms with Gasteiger partial charge < -0.3 is 14.4 Å². The number of alkyl halides is 2. The predicted molar refractivity (Wildman–Crippen MR) is 134 cm³/mol. The number of benzene rings is 1. The van der Waals surface area contributed by atoms with Crippen LogP contribution in [-0.4, -0.2) is 48.7 Å². The Morgan fingerprint density at radius 3 is 2.81 bits per heavy atom. The minimum absolute atomic E-state index is 0.0678. The molecule has 37 heavy (non-hydrogen) atoms. The van der Waals surface area contributed by atoms with Crippen LogP contribution in [0.1, 0.15) is 40.2 Å². The molecule has 2 aromatic heterocycles. The van der Waals surface area contributed by atoms with Gasteiger partial charge in [0.15, 0.2) is 5.13 Å². The molecule has 11 heteroatoms. The molecule has 1 aromatic carbocycles. The zero-order valence-electron chi connectivity index (χ0n) is 19.8. The van der Waals surface area contributed by atoms with Crippen LogP contribution in [0.15, 0.2) is 36.7 Å². The molecule has 0 spiro atoms. The Kier molecular flexibility index (Phi) is 7.12. The molecule has 2 aliphatic rings. The SMILES string of the molecule is COc1cnc(C(F)F)cc1-c1cc(N2CCOCC2=O)ccc1C(=O)Nc1ncc(C#CC2CC2)s1. The van der Waals surface area contributed by atoms with E-state index in [-0.39, 0.29) is 29.4 Å². The van der Waals surface area contributed by atoms with E-state index >= 15 is 0 Å². The van der Waals surface area contributed by atoms with Gasteiger partial charge in [-0.05, 0) is 37.1 Å². The fraction of sp³-hybridized carbons (Fsp3) is 0.308. The Morgan fingerprint density at radius 1 is 1.24 bits per heavy atom. The quantitative estimate of drug-likeness (QED) is 0.477. The van der Waals surface area contributed by atoms with Gasteiger partial charge in [-0.3, -0.25) is 19.9 Å². The van der Waals surface area contributed by atoms with E-state index in [1.54, 1.807) is 24.4 Å². The number of pyridine rings is 1. The first-order valence-electron chi connectivity index (χ1n) is 11.6. The van der Waals surface area contributed by atoms with Gasteiger partial charge in [-0.2, -0.15) is 0 Å². The number of morpholine rings is 1. The number of ether oxygens (including phenoxy) is 2. The van der Waals surface area contributed by atoms with Crippen molar-refractivity contribution >= 4 is 34.0 Å². The molecule has 0 radical (unpaired) electrons. The highest BCUT2D eigenvalue weighted by molar-refractivity contribution is 7.16. The van der Waals surface area contributed by atoms with E-state index < -0.39 is 18.0 Å². The van der Waals surface area contributed by atoms with Crippen molar-refractivity contribution in [2.45, 2.75) is 19.3 Å². The second-order valence-electron chi connectivity index (χ2n) is 8.47. The summed E-state index contributed by atoms with van der Waals surface area (Å²) in [5.41, 5.74) is 0.782. The van der Waals surface area contributed by atoms with Gasteiger partial charge >= 0.3 is 0 Å². The van der Waals surface area contributed by atoms with Crippen LogP contribution >= 0.6 is 11.3 Å². The molecular formula is C26H22F2N4O4S. The first-order chi connectivity index (χ1) is 17.9. The highest BCUT2D eigenvalue weighted by atomic mass is 32.1. The summed E-state index contributed by atoms with van der Waals surface area (Å²) < 4.78 is 37.6. The summed E-state index contributed by atoms with van der Waals surface area (Å²) in [6.07, 6.45) is 2.18. The van der Waals surface area contributed by atoms with Crippen molar-refractivity contribution in [3.05, 3.63) is 52.8 Å². The number of carbonyl (C=O) groups excluding carboxylic acids is 2. The molecular weight excluding hydrogens is 502 g/mol. The number of aromatic nitrogens is 2. The van der Waals surface area contributed by atoms with Crippen molar-refractivity contribution < 1.29 is 27.8 Å². The molecule has 3 aromatic rings. The summed E-state index contributed by atoms with van der Waals surface area (Å²) in [5, 5.41) is 3.13. The van der Waals surface area contributed by atoms with Crippen LogP contribution in [0.3, 0.4) is 0 Å². The summed E-state index contributed by atoms with van der Waals surface area (Å²) in [4.78, 5) is 36.1. The maximum atomic E-state index is 13.5. The molecule has 0 unspecified atom stereocenters. The normalized spacial score (nSPS) is 15.4. The molecule has 1 N–H and O–H groups in total. The standard InChI is InChI=1S/C26H22F2N4O4S/c1-35-22-13-29-21(24(27)28)11-20(22)19-10-16(32-8-9-36-14-23(32)33)5-7-18(19)25(34)31-26-30-12-17(37-26)6-4-15-2-3-15/h5,7,10-13,15,24H,2-3,8-9,14H2,1H3,(H,30,31,34). The lowest BCUT2D eigenvalue weighted by Gasteiger charge is -2.27. The average Bonchev–Trinajstić information content (AvgIpc) is 3.64. The Hall–Kier alpha value is -3.88. The summed E-state index contributed by atoms with van der Waals surface area (Å²) in [7, 11) is 1.39. The lowest BCUT2D eigenvalue weighted by molar-refractivity contribution is -0.125. The molecule has 1 saturated heterocycles. The number of nitrogens with one attached hydrogen (secondary N) is 1. The third-order valence-corrected chi connectivity index (χ3v) is 6.70. The Bertz CT molecular complexity index is 1410. The first kappa shape index (κ1) is 24.8. The van der Waals surface area contributed by atoms with Crippen LogP contribution in [0.2, 0.25) is 0 Å². The van der Waals surface area contributed by atoms with Crippen molar-refractivity contribution in [2.75, 3.05) is 37.1 Å². The van der Waals surface area contributed by atoms with Crippen molar-refractivity contribution in [3.63, 3.8) is 0 Å². The summed E-state index contributed by atoms with van der Waals surface area (Å²) in [6.45, 7) is 0.610. The van der Waals surface area contributed by atoms with Gasteiger partial charge in [-0.25, -0.2) is 13.8 Å². The van der Waals surface area contributed by atoms with E-state index in [0.717, 1.165) is 17.7 Å².